The van der Waals surface area contributed by atoms with Crippen molar-refractivity contribution in [2.24, 2.45) is 5.92 Å². The van der Waals surface area contributed by atoms with Gasteiger partial charge in [-0.1, -0.05) is 20.4 Å². The fourth-order valence-electron chi connectivity index (χ4n) is 1.67. The number of aliphatic hydroxyl groups excluding tert-OH is 1. The predicted octanol–water partition coefficient (Wildman–Crippen LogP) is 1.76. The lowest BCUT2D eigenvalue weighted by Crippen LogP contribution is -2.27. The summed E-state index contributed by atoms with van der Waals surface area (Å²) in [4.78, 5) is 11.6. The summed E-state index contributed by atoms with van der Waals surface area (Å²) in [7, 11) is -4.38. The van der Waals surface area contributed by atoms with E-state index in [1.165, 1.54) is 0 Å². The number of ether oxygens (including phenoxy) is 1. The van der Waals surface area contributed by atoms with E-state index in [-0.39, 0.29) is 24.4 Å². The van der Waals surface area contributed by atoms with Gasteiger partial charge in [0.2, 0.25) is 0 Å². The third-order valence-corrected chi connectivity index (χ3v) is 3.43. The SMILES string of the molecule is C=C(O)C1OC(C)CC1OP(=O)([O-])OCC(C)C. The molecule has 4 atom stereocenters. The van der Waals surface area contributed by atoms with E-state index in [1.54, 1.807) is 6.92 Å². The van der Waals surface area contributed by atoms with Crippen LogP contribution in [0.15, 0.2) is 12.3 Å². The lowest BCUT2D eigenvalue weighted by molar-refractivity contribution is -0.231. The summed E-state index contributed by atoms with van der Waals surface area (Å²) >= 11 is 0. The maximum Gasteiger partial charge on any atom is 0.268 e. The number of phosphoric ester groups is 1. The molecule has 0 aromatic rings. The molecule has 0 radical (unpaired) electrons. The molecule has 0 aliphatic carbocycles. The largest absolute Gasteiger partial charge is 0.756 e. The van der Waals surface area contributed by atoms with Gasteiger partial charge < -0.3 is 23.8 Å². The first-order valence-corrected chi connectivity index (χ1v) is 7.34. The zero-order valence-corrected chi connectivity index (χ0v) is 11.8. The van der Waals surface area contributed by atoms with Crippen molar-refractivity contribution in [2.75, 3.05) is 6.61 Å². The molecule has 1 fully saturated rings. The summed E-state index contributed by atoms with van der Waals surface area (Å²) in [5.74, 6) is -0.161. The smallest absolute Gasteiger partial charge is 0.268 e. The normalized spacial score (nSPS) is 31.5. The second-order valence-electron chi connectivity index (χ2n) is 4.88. The Morgan fingerprint density at radius 1 is 1.67 bits per heavy atom. The summed E-state index contributed by atoms with van der Waals surface area (Å²) in [5.41, 5.74) is 0. The second-order valence-corrected chi connectivity index (χ2v) is 6.24. The Morgan fingerprint density at radius 2 is 2.28 bits per heavy atom. The van der Waals surface area contributed by atoms with Gasteiger partial charge in [-0.2, -0.15) is 0 Å². The van der Waals surface area contributed by atoms with Crippen LogP contribution in [0.25, 0.3) is 0 Å². The summed E-state index contributed by atoms with van der Waals surface area (Å²) in [6.45, 7) is 8.84. The Morgan fingerprint density at radius 3 is 2.78 bits per heavy atom. The number of hydrogen-bond donors (Lipinski definition) is 1. The van der Waals surface area contributed by atoms with Crippen molar-refractivity contribution in [2.45, 2.75) is 45.5 Å². The maximum absolute atomic E-state index is 11.6. The number of rotatable bonds is 6. The summed E-state index contributed by atoms with van der Waals surface area (Å²) in [5, 5.41) is 9.32. The van der Waals surface area contributed by atoms with Crippen LogP contribution in [0.2, 0.25) is 0 Å². The van der Waals surface area contributed by atoms with E-state index in [9.17, 15) is 14.6 Å². The highest BCUT2D eigenvalue weighted by Gasteiger charge is 2.38. The Hall–Kier alpha value is -0.390. The highest BCUT2D eigenvalue weighted by Crippen LogP contribution is 2.44. The van der Waals surface area contributed by atoms with E-state index < -0.39 is 20.0 Å². The van der Waals surface area contributed by atoms with Crippen molar-refractivity contribution in [1.82, 2.24) is 0 Å². The highest BCUT2D eigenvalue weighted by atomic mass is 31.2. The van der Waals surface area contributed by atoms with Crippen molar-refractivity contribution in [3.8, 4) is 0 Å². The van der Waals surface area contributed by atoms with Crippen LogP contribution in [0.4, 0.5) is 0 Å². The van der Waals surface area contributed by atoms with Crippen LogP contribution in [0.5, 0.6) is 0 Å². The van der Waals surface area contributed by atoms with Gasteiger partial charge in [0.25, 0.3) is 7.82 Å². The van der Waals surface area contributed by atoms with Crippen LogP contribution in [0, 0.1) is 5.92 Å². The minimum atomic E-state index is -4.38. The molecule has 0 aromatic carbocycles. The Bertz CT molecular complexity index is 342. The molecule has 1 rings (SSSR count). The number of aliphatic hydroxyl groups is 1. The van der Waals surface area contributed by atoms with E-state index in [0.29, 0.717) is 6.42 Å². The van der Waals surface area contributed by atoms with Gasteiger partial charge in [-0.25, -0.2) is 0 Å². The molecule has 1 saturated heterocycles. The highest BCUT2D eigenvalue weighted by molar-refractivity contribution is 7.45. The lowest BCUT2D eigenvalue weighted by Gasteiger charge is -2.28. The van der Waals surface area contributed by atoms with E-state index in [4.69, 9.17) is 13.8 Å². The molecule has 6 nitrogen and oxygen atoms in total. The number of phosphoric acid groups is 1. The Kier molecular flexibility index (Phi) is 5.37. The quantitative estimate of drug-likeness (QED) is 0.588. The van der Waals surface area contributed by atoms with Gasteiger partial charge >= 0.3 is 0 Å². The first-order chi connectivity index (χ1) is 8.21. The zero-order chi connectivity index (χ0) is 13.9. The van der Waals surface area contributed by atoms with Crippen LogP contribution in [-0.2, 0) is 18.3 Å². The van der Waals surface area contributed by atoms with Crippen molar-refractivity contribution in [3.63, 3.8) is 0 Å². The third-order valence-electron chi connectivity index (χ3n) is 2.44. The molecule has 7 heteroatoms. The minimum absolute atomic E-state index is 0.0641. The fourth-order valence-corrected chi connectivity index (χ4v) is 2.74. The van der Waals surface area contributed by atoms with E-state index >= 15 is 0 Å². The van der Waals surface area contributed by atoms with E-state index in [2.05, 4.69) is 6.58 Å². The fraction of sp³-hybridized carbons (Fsp3) is 0.818. The topological polar surface area (TPSA) is 88.0 Å². The van der Waals surface area contributed by atoms with E-state index in [0.717, 1.165) is 0 Å². The molecule has 1 N–H and O–H groups in total. The van der Waals surface area contributed by atoms with Gasteiger partial charge in [-0.3, -0.25) is 4.57 Å². The van der Waals surface area contributed by atoms with Crippen LogP contribution < -0.4 is 4.89 Å². The average Bonchev–Trinajstić information content (AvgIpc) is 2.56. The van der Waals surface area contributed by atoms with Crippen LogP contribution >= 0.6 is 7.82 Å². The van der Waals surface area contributed by atoms with Gasteiger partial charge in [0.15, 0.2) is 0 Å². The molecular weight excluding hydrogens is 259 g/mol. The standard InChI is InChI=1S/C11H21O6P/c1-7(2)6-15-18(13,14)17-10-5-8(3)16-11(10)9(4)12/h7-8,10-12H,4-6H2,1-3H3,(H,13,14)/p-1. The monoisotopic (exact) mass is 279 g/mol. The molecule has 0 spiro atoms. The second kappa shape index (κ2) is 6.17. The van der Waals surface area contributed by atoms with Gasteiger partial charge in [0.1, 0.15) is 18.0 Å². The molecule has 0 bridgehead atoms. The van der Waals surface area contributed by atoms with Gasteiger partial charge in [-0.15, -0.1) is 0 Å². The first kappa shape index (κ1) is 15.7. The third kappa shape index (κ3) is 4.71. The van der Waals surface area contributed by atoms with Crippen LogP contribution in [0.1, 0.15) is 27.2 Å². The first-order valence-electron chi connectivity index (χ1n) is 5.88. The van der Waals surface area contributed by atoms with Crippen LogP contribution in [0.3, 0.4) is 0 Å². The van der Waals surface area contributed by atoms with Crippen molar-refractivity contribution >= 4 is 7.82 Å². The van der Waals surface area contributed by atoms with Crippen molar-refractivity contribution in [3.05, 3.63) is 12.3 Å². The average molecular weight is 279 g/mol. The van der Waals surface area contributed by atoms with Crippen molar-refractivity contribution < 1.29 is 28.3 Å². The molecule has 106 valence electrons. The van der Waals surface area contributed by atoms with Gasteiger partial charge in [-0.05, 0) is 12.8 Å². The van der Waals surface area contributed by atoms with E-state index in [1.807, 2.05) is 13.8 Å². The molecule has 1 aliphatic heterocycles. The zero-order valence-electron chi connectivity index (χ0n) is 10.9. The van der Waals surface area contributed by atoms with Crippen LogP contribution in [-0.4, -0.2) is 30.0 Å². The number of hydrogen-bond acceptors (Lipinski definition) is 6. The minimum Gasteiger partial charge on any atom is -0.756 e. The maximum atomic E-state index is 11.6. The van der Waals surface area contributed by atoms with Crippen molar-refractivity contribution in [1.29, 1.82) is 0 Å². The predicted molar refractivity (Wildman–Crippen MR) is 64.0 cm³/mol. The molecule has 4 unspecified atom stereocenters. The summed E-state index contributed by atoms with van der Waals surface area (Å²) in [6.07, 6.45) is -1.45. The van der Waals surface area contributed by atoms with Gasteiger partial charge in [0.05, 0.1) is 12.7 Å². The molecule has 0 aromatic heterocycles. The summed E-state index contributed by atoms with van der Waals surface area (Å²) < 4.78 is 26.6. The molecule has 18 heavy (non-hydrogen) atoms. The molecule has 1 heterocycles. The molecular formula is C11H20O6P-. The molecule has 0 amide bonds. The molecule has 1 aliphatic rings. The Labute approximate surface area is 107 Å². The molecule has 0 saturated carbocycles. The Balaban J connectivity index is 2.59. The lowest BCUT2D eigenvalue weighted by atomic mass is 10.1. The van der Waals surface area contributed by atoms with Gasteiger partial charge in [0, 0.05) is 6.42 Å². The summed E-state index contributed by atoms with van der Waals surface area (Å²) in [6, 6.07) is 0.